The Bertz CT molecular complexity index is 971. The average Bonchev–Trinajstić information content (AvgIpc) is 2.81. The van der Waals surface area contributed by atoms with Gasteiger partial charge in [0.2, 0.25) is 5.91 Å². The Balaban J connectivity index is 1.45. The van der Waals surface area contributed by atoms with Crippen LogP contribution in [0, 0.1) is 28.4 Å². The number of rotatable bonds is 5. The minimum absolute atomic E-state index is 0.163. The molecule has 2 aromatic carbocycles. The van der Waals surface area contributed by atoms with Gasteiger partial charge < -0.3 is 4.90 Å². The van der Waals surface area contributed by atoms with Crippen molar-refractivity contribution >= 4 is 5.91 Å². The Morgan fingerprint density at radius 2 is 1.66 bits per heavy atom. The molecule has 1 amide bonds. The number of hydrogen-bond donors (Lipinski definition) is 0. The first-order valence-electron chi connectivity index (χ1n) is 11.4. The standard InChI is InChI=1S/C26H29F2N3O/c27-22-9-7-21(8-10-22)24(19-29)30-13-15-31(16-14-30)25(32)26(11-2-1-3-12-26)18-20-5-4-6-23(28)17-20/h4-10,17,24H,1-3,11-16,18H2. The van der Waals surface area contributed by atoms with E-state index in [2.05, 4.69) is 11.0 Å². The summed E-state index contributed by atoms with van der Waals surface area (Å²) in [4.78, 5) is 17.7. The lowest BCUT2D eigenvalue weighted by Gasteiger charge is -2.43. The minimum atomic E-state index is -0.472. The van der Waals surface area contributed by atoms with Gasteiger partial charge in [0.05, 0.1) is 11.5 Å². The third-order valence-corrected chi connectivity index (χ3v) is 6.97. The molecule has 4 nitrogen and oxygen atoms in total. The fourth-order valence-corrected chi connectivity index (χ4v) is 5.26. The monoisotopic (exact) mass is 437 g/mol. The molecule has 1 aliphatic heterocycles. The van der Waals surface area contributed by atoms with Crippen molar-refractivity contribution in [2.45, 2.75) is 44.6 Å². The van der Waals surface area contributed by atoms with Gasteiger partial charge in [0.1, 0.15) is 17.7 Å². The van der Waals surface area contributed by atoms with Gasteiger partial charge in [-0.15, -0.1) is 0 Å². The summed E-state index contributed by atoms with van der Waals surface area (Å²) in [6.45, 7) is 2.31. The highest BCUT2D eigenvalue weighted by Gasteiger charge is 2.43. The molecule has 1 saturated heterocycles. The quantitative estimate of drug-likeness (QED) is 0.671. The molecule has 1 saturated carbocycles. The van der Waals surface area contributed by atoms with E-state index in [4.69, 9.17) is 0 Å². The topological polar surface area (TPSA) is 47.3 Å². The predicted molar refractivity (Wildman–Crippen MR) is 119 cm³/mol. The average molecular weight is 438 g/mol. The number of nitrogens with zero attached hydrogens (tertiary/aromatic N) is 3. The molecular weight excluding hydrogens is 408 g/mol. The number of carbonyl (C=O) groups excluding carboxylic acids is 1. The molecule has 2 aliphatic rings. The number of amides is 1. The van der Waals surface area contributed by atoms with E-state index >= 15 is 0 Å². The first kappa shape index (κ1) is 22.4. The van der Waals surface area contributed by atoms with Crippen LogP contribution in [-0.2, 0) is 11.2 Å². The molecule has 0 bridgehead atoms. The van der Waals surface area contributed by atoms with Crippen LogP contribution >= 0.6 is 0 Å². The Kier molecular flexibility index (Phi) is 6.86. The van der Waals surface area contributed by atoms with Crippen LogP contribution in [0.15, 0.2) is 48.5 Å². The summed E-state index contributed by atoms with van der Waals surface area (Å²) >= 11 is 0. The van der Waals surface area contributed by atoms with Gasteiger partial charge >= 0.3 is 0 Å². The Hall–Kier alpha value is -2.78. The summed E-state index contributed by atoms with van der Waals surface area (Å²) in [7, 11) is 0. The van der Waals surface area contributed by atoms with Crippen LogP contribution in [0.1, 0.15) is 49.3 Å². The Labute approximate surface area is 188 Å². The number of benzene rings is 2. The third-order valence-electron chi connectivity index (χ3n) is 6.97. The van der Waals surface area contributed by atoms with Gasteiger partial charge in [-0.05, 0) is 54.7 Å². The second-order valence-electron chi connectivity index (χ2n) is 9.06. The lowest BCUT2D eigenvalue weighted by molar-refractivity contribution is -0.146. The van der Waals surface area contributed by atoms with Crippen molar-refractivity contribution in [1.29, 1.82) is 5.26 Å². The zero-order valence-corrected chi connectivity index (χ0v) is 18.3. The van der Waals surface area contributed by atoms with Crippen LogP contribution in [0.2, 0.25) is 0 Å². The van der Waals surface area contributed by atoms with Gasteiger partial charge in [-0.25, -0.2) is 8.78 Å². The van der Waals surface area contributed by atoms with Gasteiger partial charge in [-0.2, -0.15) is 5.26 Å². The molecule has 6 heteroatoms. The number of carbonyl (C=O) groups is 1. The number of halogens is 2. The molecule has 168 valence electrons. The first-order valence-corrected chi connectivity index (χ1v) is 11.4. The number of nitriles is 1. The van der Waals surface area contributed by atoms with Gasteiger partial charge in [-0.1, -0.05) is 43.5 Å². The molecule has 0 aromatic heterocycles. The van der Waals surface area contributed by atoms with Crippen LogP contribution in [0.25, 0.3) is 0 Å². The van der Waals surface area contributed by atoms with E-state index in [0.717, 1.165) is 43.2 Å². The highest BCUT2D eigenvalue weighted by Crippen LogP contribution is 2.41. The van der Waals surface area contributed by atoms with Crippen molar-refractivity contribution in [2.24, 2.45) is 5.41 Å². The smallest absolute Gasteiger partial charge is 0.229 e. The number of piperazine rings is 1. The zero-order chi connectivity index (χ0) is 22.6. The first-order chi connectivity index (χ1) is 15.5. The summed E-state index contributed by atoms with van der Waals surface area (Å²) in [5, 5.41) is 9.71. The molecule has 1 unspecified atom stereocenters. The lowest BCUT2D eigenvalue weighted by atomic mass is 9.69. The van der Waals surface area contributed by atoms with E-state index in [1.807, 2.05) is 11.0 Å². The second kappa shape index (κ2) is 9.79. The molecule has 2 fully saturated rings. The normalized spacial score (nSPS) is 19.8. The molecule has 0 N–H and O–H groups in total. The van der Waals surface area contributed by atoms with Crippen molar-refractivity contribution in [1.82, 2.24) is 9.80 Å². The molecule has 1 aliphatic carbocycles. The van der Waals surface area contributed by atoms with Gasteiger partial charge in [-0.3, -0.25) is 9.69 Å². The van der Waals surface area contributed by atoms with Crippen molar-refractivity contribution in [3.05, 3.63) is 71.3 Å². The van der Waals surface area contributed by atoms with E-state index in [-0.39, 0.29) is 17.5 Å². The summed E-state index contributed by atoms with van der Waals surface area (Å²) in [6.07, 6.45) is 5.40. The van der Waals surface area contributed by atoms with Crippen molar-refractivity contribution in [3.8, 4) is 6.07 Å². The summed E-state index contributed by atoms with van der Waals surface area (Å²) < 4.78 is 27.0. The minimum Gasteiger partial charge on any atom is -0.340 e. The molecule has 0 spiro atoms. The van der Waals surface area contributed by atoms with E-state index in [1.165, 1.54) is 18.2 Å². The van der Waals surface area contributed by atoms with E-state index < -0.39 is 11.5 Å². The highest BCUT2D eigenvalue weighted by atomic mass is 19.1. The van der Waals surface area contributed by atoms with Crippen molar-refractivity contribution < 1.29 is 13.6 Å². The summed E-state index contributed by atoms with van der Waals surface area (Å²) in [6, 6.07) is 14.5. The molecular formula is C26H29F2N3O. The largest absolute Gasteiger partial charge is 0.340 e. The maximum absolute atomic E-state index is 13.8. The third kappa shape index (κ3) is 4.83. The van der Waals surface area contributed by atoms with Crippen LogP contribution in [-0.4, -0.2) is 41.9 Å². The maximum Gasteiger partial charge on any atom is 0.229 e. The molecule has 2 aromatic rings. The van der Waals surface area contributed by atoms with Gasteiger partial charge in [0, 0.05) is 26.2 Å². The van der Waals surface area contributed by atoms with Crippen LogP contribution in [0.3, 0.4) is 0 Å². The van der Waals surface area contributed by atoms with E-state index in [0.29, 0.717) is 32.6 Å². The molecule has 1 heterocycles. The SMILES string of the molecule is N#CC(c1ccc(F)cc1)N1CCN(C(=O)C2(Cc3cccc(F)c3)CCCCC2)CC1. The summed E-state index contributed by atoms with van der Waals surface area (Å²) in [5.74, 6) is -0.425. The fraction of sp³-hybridized carbons (Fsp3) is 0.462. The lowest BCUT2D eigenvalue weighted by Crippen LogP contribution is -2.54. The Morgan fingerprint density at radius 3 is 2.28 bits per heavy atom. The summed E-state index contributed by atoms with van der Waals surface area (Å²) in [5.41, 5.74) is 1.17. The second-order valence-corrected chi connectivity index (χ2v) is 9.06. The predicted octanol–water partition coefficient (Wildman–Crippen LogP) is 4.87. The highest BCUT2D eigenvalue weighted by molar-refractivity contribution is 5.83. The number of hydrogen-bond acceptors (Lipinski definition) is 3. The van der Waals surface area contributed by atoms with E-state index in [1.54, 1.807) is 24.3 Å². The molecule has 0 radical (unpaired) electrons. The van der Waals surface area contributed by atoms with Crippen LogP contribution in [0.4, 0.5) is 8.78 Å². The molecule has 4 rings (SSSR count). The van der Waals surface area contributed by atoms with Crippen LogP contribution in [0.5, 0.6) is 0 Å². The molecule has 1 atom stereocenters. The van der Waals surface area contributed by atoms with Crippen LogP contribution < -0.4 is 0 Å². The van der Waals surface area contributed by atoms with Crippen molar-refractivity contribution in [2.75, 3.05) is 26.2 Å². The molecule has 32 heavy (non-hydrogen) atoms. The fourth-order valence-electron chi connectivity index (χ4n) is 5.26. The van der Waals surface area contributed by atoms with E-state index in [9.17, 15) is 18.8 Å². The van der Waals surface area contributed by atoms with Crippen molar-refractivity contribution in [3.63, 3.8) is 0 Å². The Morgan fingerprint density at radius 1 is 0.969 bits per heavy atom. The maximum atomic E-state index is 13.8. The zero-order valence-electron chi connectivity index (χ0n) is 18.3. The van der Waals surface area contributed by atoms with Gasteiger partial charge in [0.15, 0.2) is 0 Å². The van der Waals surface area contributed by atoms with Gasteiger partial charge in [0.25, 0.3) is 0 Å².